The summed E-state index contributed by atoms with van der Waals surface area (Å²) in [6.45, 7) is 8.39. The molecule has 2 heterocycles. The lowest BCUT2D eigenvalue weighted by Crippen LogP contribution is -2.45. The van der Waals surface area contributed by atoms with E-state index < -0.39 is 0 Å². The van der Waals surface area contributed by atoms with Crippen molar-refractivity contribution in [3.8, 4) is 0 Å². The summed E-state index contributed by atoms with van der Waals surface area (Å²) in [5.41, 5.74) is 1.26. The van der Waals surface area contributed by atoms with E-state index in [1.165, 1.54) is 5.56 Å². The lowest BCUT2D eigenvalue weighted by molar-refractivity contribution is -0.121. The number of carbonyl (C=O) groups excluding carboxylic acids is 1. The molecule has 1 unspecified atom stereocenters. The van der Waals surface area contributed by atoms with Gasteiger partial charge in [0.15, 0.2) is 0 Å². The van der Waals surface area contributed by atoms with Crippen molar-refractivity contribution in [3.05, 3.63) is 54.1 Å². The highest BCUT2D eigenvalue weighted by Crippen LogP contribution is 2.43. The van der Waals surface area contributed by atoms with Crippen LogP contribution in [-0.4, -0.2) is 34.2 Å². The molecule has 0 spiro atoms. The van der Waals surface area contributed by atoms with Crippen LogP contribution >= 0.6 is 0 Å². The SMILES string of the molecule is Cc1nccn1CCC(=O)NCCC1(c2ccccc2)CCOC(C)(C)C1. The van der Waals surface area contributed by atoms with E-state index in [9.17, 15) is 4.79 Å². The monoisotopic (exact) mass is 369 g/mol. The molecule has 1 N–H and O–H groups in total. The van der Waals surface area contributed by atoms with E-state index in [4.69, 9.17) is 4.74 Å². The third-order valence-electron chi connectivity index (χ3n) is 5.65. The van der Waals surface area contributed by atoms with E-state index in [1.807, 2.05) is 17.7 Å². The molecule has 1 atom stereocenters. The molecule has 1 aliphatic heterocycles. The van der Waals surface area contributed by atoms with E-state index in [0.29, 0.717) is 19.5 Å². The summed E-state index contributed by atoms with van der Waals surface area (Å²) >= 11 is 0. The maximum absolute atomic E-state index is 12.3. The van der Waals surface area contributed by atoms with Crippen LogP contribution in [0.25, 0.3) is 0 Å². The fourth-order valence-corrected chi connectivity index (χ4v) is 4.26. The smallest absolute Gasteiger partial charge is 0.221 e. The minimum Gasteiger partial charge on any atom is -0.376 e. The molecule has 1 aromatic heterocycles. The van der Waals surface area contributed by atoms with Gasteiger partial charge in [-0.05, 0) is 45.6 Å². The lowest BCUT2D eigenvalue weighted by Gasteiger charge is -2.45. The second-order valence-corrected chi connectivity index (χ2v) is 8.20. The molecule has 5 heteroatoms. The first kappa shape index (κ1) is 19.6. The van der Waals surface area contributed by atoms with Crippen molar-refractivity contribution in [1.29, 1.82) is 0 Å². The number of aromatic nitrogens is 2. The number of nitrogens with zero attached hydrogens (tertiary/aromatic N) is 2. The molecule has 0 bridgehead atoms. The van der Waals surface area contributed by atoms with Gasteiger partial charge in [-0.2, -0.15) is 0 Å². The average Bonchev–Trinajstić information content (AvgIpc) is 3.05. The molecule has 5 nitrogen and oxygen atoms in total. The second-order valence-electron chi connectivity index (χ2n) is 8.20. The molecule has 27 heavy (non-hydrogen) atoms. The summed E-state index contributed by atoms with van der Waals surface area (Å²) < 4.78 is 7.97. The Morgan fingerprint density at radius 2 is 2.07 bits per heavy atom. The van der Waals surface area contributed by atoms with Gasteiger partial charge in [0, 0.05) is 43.9 Å². The first-order valence-corrected chi connectivity index (χ1v) is 9.84. The predicted molar refractivity (Wildman–Crippen MR) is 107 cm³/mol. The number of aryl methyl sites for hydroxylation is 2. The summed E-state index contributed by atoms with van der Waals surface area (Å²) in [5, 5.41) is 3.12. The molecule has 1 saturated heterocycles. The standard InChI is InChI=1S/C22H31N3O2/c1-18-23-13-15-25(18)14-9-20(26)24-12-10-22(19-7-5-4-6-8-19)11-16-27-21(2,3)17-22/h4-8,13,15H,9-12,14,16-17H2,1-3H3,(H,24,26). The largest absolute Gasteiger partial charge is 0.376 e. The highest BCUT2D eigenvalue weighted by molar-refractivity contribution is 5.75. The molecule has 146 valence electrons. The van der Waals surface area contributed by atoms with Gasteiger partial charge in [0.2, 0.25) is 5.91 Å². The number of imidazole rings is 1. The molecule has 1 aromatic carbocycles. The van der Waals surface area contributed by atoms with Gasteiger partial charge in [-0.1, -0.05) is 30.3 Å². The van der Waals surface area contributed by atoms with Crippen LogP contribution < -0.4 is 5.32 Å². The number of amides is 1. The number of benzene rings is 1. The van der Waals surface area contributed by atoms with E-state index in [-0.39, 0.29) is 16.9 Å². The molecular weight excluding hydrogens is 338 g/mol. The Morgan fingerprint density at radius 3 is 2.74 bits per heavy atom. The van der Waals surface area contributed by atoms with Gasteiger partial charge in [0.05, 0.1) is 5.60 Å². The fourth-order valence-electron chi connectivity index (χ4n) is 4.26. The van der Waals surface area contributed by atoms with E-state index in [2.05, 4.69) is 54.5 Å². The van der Waals surface area contributed by atoms with E-state index in [0.717, 1.165) is 31.7 Å². The fraction of sp³-hybridized carbons (Fsp3) is 0.545. The Balaban J connectivity index is 1.58. The van der Waals surface area contributed by atoms with Crippen molar-refractivity contribution in [2.45, 2.75) is 64.0 Å². The average molecular weight is 370 g/mol. The van der Waals surface area contributed by atoms with Crippen LogP contribution in [0.15, 0.2) is 42.7 Å². The van der Waals surface area contributed by atoms with Gasteiger partial charge >= 0.3 is 0 Å². The summed E-state index contributed by atoms with van der Waals surface area (Å²) in [4.78, 5) is 16.5. The van der Waals surface area contributed by atoms with Crippen molar-refractivity contribution in [1.82, 2.24) is 14.9 Å². The topological polar surface area (TPSA) is 56.2 Å². The minimum absolute atomic E-state index is 0.0528. The van der Waals surface area contributed by atoms with Gasteiger partial charge in [-0.3, -0.25) is 4.79 Å². The second kappa shape index (κ2) is 8.26. The first-order valence-electron chi connectivity index (χ1n) is 9.84. The molecule has 1 fully saturated rings. The maximum atomic E-state index is 12.3. The zero-order chi connectivity index (χ0) is 19.3. The Bertz CT molecular complexity index is 754. The summed E-state index contributed by atoms with van der Waals surface area (Å²) in [6.07, 6.45) is 7.04. The third kappa shape index (κ3) is 4.98. The number of rotatable bonds is 7. The third-order valence-corrected chi connectivity index (χ3v) is 5.65. The predicted octanol–water partition coefficient (Wildman–Crippen LogP) is 3.61. The van der Waals surface area contributed by atoms with Gasteiger partial charge < -0.3 is 14.6 Å². The number of hydrogen-bond acceptors (Lipinski definition) is 3. The summed E-state index contributed by atoms with van der Waals surface area (Å²) in [5.74, 6) is 1.04. The van der Waals surface area contributed by atoms with Crippen LogP contribution in [-0.2, 0) is 21.5 Å². The molecule has 1 aliphatic rings. The summed E-state index contributed by atoms with van der Waals surface area (Å²) in [6, 6.07) is 10.7. The van der Waals surface area contributed by atoms with Gasteiger partial charge in [0.1, 0.15) is 5.82 Å². The molecule has 3 rings (SSSR count). The highest BCUT2D eigenvalue weighted by atomic mass is 16.5. The van der Waals surface area contributed by atoms with Crippen LogP contribution in [0.3, 0.4) is 0 Å². The number of carbonyl (C=O) groups is 1. The quantitative estimate of drug-likeness (QED) is 0.811. The van der Waals surface area contributed by atoms with Crippen molar-refractivity contribution >= 4 is 5.91 Å². The number of ether oxygens (including phenoxy) is 1. The molecule has 2 aromatic rings. The number of nitrogens with one attached hydrogen (secondary N) is 1. The number of hydrogen-bond donors (Lipinski definition) is 1. The van der Waals surface area contributed by atoms with Crippen LogP contribution in [0.2, 0.25) is 0 Å². The zero-order valence-electron chi connectivity index (χ0n) is 16.7. The molecular formula is C22H31N3O2. The van der Waals surface area contributed by atoms with Crippen LogP contribution in [0.5, 0.6) is 0 Å². The Kier molecular flexibility index (Phi) is 6.00. The van der Waals surface area contributed by atoms with Gasteiger partial charge in [-0.25, -0.2) is 4.98 Å². The van der Waals surface area contributed by atoms with Crippen molar-refractivity contribution in [3.63, 3.8) is 0 Å². The summed E-state index contributed by atoms with van der Waals surface area (Å²) in [7, 11) is 0. The van der Waals surface area contributed by atoms with Gasteiger partial charge in [-0.15, -0.1) is 0 Å². The zero-order valence-corrected chi connectivity index (χ0v) is 16.7. The lowest BCUT2D eigenvalue weighted by atomic mass is 9.67. The van der Waals surface area contributed by atoms with E-state index in [1.54, 1.807) is 6.20 Å². The Labute approximate surface area is 162 Å². The first-order chi connectivity index (χ1) is 12.9. The molecule has 0 aliphatic carbocycles. The van der Waals surface area contributed by atoms with Crippen molar-refractivity contribution in [2.75, 3.05) is 13.2 Å². The Morgan fingerprint density at radius 1 is 1.30 bits per heavy atom. The van der Waals surface area contributed by atoms with Crippen molar-refractivity contribution in [2.24, 2.45) is 0 Å². The van der Waals surface area contributed by atoms with Crippen LogP contribution in [0, 0.1) is 6.92 Å². The highest BCUT2D eigenvalue weighted by Gasteiger charge is 2.41. The minimum atomic E-state index is -0.142. The molecule has 0 saturated carbocycles. The van der Waals surface area contributed by atoms with E-state index >= 15 is 0 Å². The molecule has 1 amide bonds. The Hall–Kier alpha value is -2.14. The van der Waals surface area contributed by atoms with Crippen LogP contribution in [0.4, 0.5) is 0 Å². The molecule has 0 radical (unpaired) electrons. The van der Waals surface area contributed by atoms with Crippen molar-refractivity contribution < 1.29 is 9.53 Å². The van der Waals surface area contributed by atoms with Crippen LogP contribution in [0.1, 0.15) is 50.9 Å². The maximum Gasteiger partial charge on any atom is 0.221 e. The normalized spacial score (nSPS) is 21.7. The van der Waals surface area contributed by atoms with Gasteiger partial charge in [0.25, 0.3) is 0 Å².